The van der Waals surface area contributed by atoms with E-state index >= 15 is 0 Å². The zero-order valence-corrected chi connectivity index (χ0v) is 7.18. The Balaban J connectivity index is 2.58. The zero-order valence-electron chi connectivity index (χ0n) is 7.18. The van der Waals surface area contributed by atoms with Crippen LogP contribution in [0.1, 0.15) is 11.8 Å². The Morgan fingerprint density at radius 2 is 2.21 bits per heavy atom. The molecule has 0 aliphatic rings. The third-order valence-corrected chi connectivity index (χ3v) is 1.96. The first kappa shape index (κ1) is 8.71. The fraction of sp³-hybridized carbons (Fsp3) is 0.111. The summed E-state index contributed by atoms with van der Waals surface area (Å²) in [5, 5.41) is 13.0. The van der Waals surface area contributed by atoms with Crippen molar-refractivity contribution < 1.29 is 14.4 Å². The van der Waals surface area contributed by atoms with E-state index in [1.54, 1.807) is 24.3 Å². The smallest absolute Gasteiger partial charge is 0.328 e. The van der Waals surface area contributed by atoms with Gasteiger partial charge in [-0.05, 0) is 12.1 Å². The summed E-state index contributed by atoms with van der Waals surface area (Å²) in [4.78, 5) is 10.6. The molecule has 1 heterocycles. The molecule has 1 aromatic carbocycles. The van der Waals surface area contributed by atoms with Gasteiger partial charge in [-0.25, -0.2) is 0 Å². The number of aromatic nitrogens is 1. The van der Waals surface area contributed by atoms with Crippen LogP contribution in [0.15, 0.2) is 28.8 Å². The van der Waals surface area contributed by atoms with Crippen LogP contribution >= 0.6 is 0 Å². The molecule has 0 amide bonds. The molecule has 0 saturated carbocycles. The Morgan fingerprint density at radius 3 is 2.93 bits per heavy atom. The minimum Gasteiger partial charge on any atom is -0.480 e. The fourth-order valence-corrected chi connectivity index (χ4v) is 1.25. The van der Waals surface area contributed by atoms with Gasteiger partial charge in [-0.3, -0.25) is 4.79 Å². The predicted octanol–water partition coefficient (Wildman–Crippen LogP) is 0.912. The summed E-state index contributed by atoms with van der Waals surface area (Å²) in [6.07, 6.45) is 0. The average Bonchev–Trinajstić information content (AvgIpc) is 2.60. The second-order valence-electron chi connectivity index (χ2n) is 2.88. The minimum absolute atomic E-state index is 0.188. The minimum atomic E-state index is -1.16. The van der Waals surface area contributed by atoms with E-state index in [1.165, 1.54) is 0 Å². The van der Waals surface area contributed by atoms with Gasteiger partial charge in [-0.15, -0.1) is 0 Å². The number of nitrogens with zero attached hydrogens (tertiary/aromatic N) is 1. The van der Waals surface area contributed by atoms with E-state index in [0.29, 0.717) is 10.9 Å². The number of nitrogens with two attached hydrogens (primary N) is 1. The molecule has 2 rings (SSSR count). The highest BCUT2D eigenvalue weighted by Crippen LogP contribution is 2.22. The van der Waals surface area contributed by atoms with Crippen LogP contribution in [0.25, 0.3) is 10.9 Å². The zero-order chi connectivity index (χ0) is 10.1. The summed E-state index contributed by atoms with van der Waals surface area (Å²) in [7, 11) is 0. The van der Waals surface area contributed by atoms with Gasteiger partial charge >= 0.3 is 5.97 Å². The first-order valence-electron chi connectivity index (χ1n) is 4.03. The molecule has 1 unspecified atom stereocenters. The molecule has 5 heteroatoms. The van der Waals surface area contributed by atoms with Crippen LogP contribution in [0.3, 0.4) is 0 Å². The first-order valence-corrected chi connectivity index (χ1v) is 4.03. The Morgan fingerprint density at radius 1 is 1.50 bits per heavy atom. The maximum Gasteiger partial charge on any atom is 0.328 e. The number of benzene rings is 1. The van der Waals surface area contributed by atoms with Gasteiger partial charge < -0.3 is 15.4 Å². The van der Waals surface area contributed by atoms with Crippen molar-refractivity contribution in [2.24, 2.45) is 5.73 Å². The molecule has 0 saturated heterocycles. The molecule has 72 valence electrons. The lowest BCUT2D eigenvalue weighted by molar-refractivity contribution is -0.139. The molecule has 0 spiro atoms. The van der Waals surface area contributed by atoms with Crippen molar-refractivity contribution in [2.45, 2.75) is 6.04 Å². The van der Waals surface area contributed by atoms with Crippen LogP contribution in [-0.4, -0.2) is 16.2 Å². The molecule has 14 heavy (non-hydrogen) atoms. The van der Waals surface area contributed by atoms with Crippen LogP contribution in [0.2, 0.25) is 0 Å². The lowest BCUT2D eigenvalue weighted by Crippen LogP contribution is -2.20. The second-order valence-corrected chi connectivity index (χ2v) is 2.88. The van der Waals surface area contributed by atoms with E-state index < -0.39 is 12.0 Å². The van der Waals surface area contributed by atoms with E-state index in [9.17, 15) is 4.79 Å². The molecule has 1 aromatic heterocycles. The third kappa shape index (κ3) is 1.23. The Kier molecular flexibility index (Phi) is 1.94. The summed E-state index contributed by atoms with van der Waals surface area (Å²) >= 11 is 0. The van der Waals surface area contributed by atoms with Gasteiger partial charge in [0.2, 0.25) is 0 Å². The van der Waals surface area contributed by atoms with E-state index in [4.69, 9.17) is 15.4 Å². The standard InChI is InChI=1S/C9H8N2O3/c10-7(9(12)13)8-5-3-1-2-4-6(5)11-14-8/h1-4,7H,10H2,(H,12,13). The summed E-state index contributed by atoms with van der Waals surface area (Å²) in [5.74, 6) is -0.944. The molecule has 1 atom stereocenters. The number of carboxylic acids is 1. The highest BCUT2D eigenvalue weighted by atomic mass is 16.5. The SMILES string of the molecule is NC(C(=O)O)c1onc2ccccc12. The van der Waals surface area contributed by atoms with E-state index in [-0.39, 0.29) is 5.76 Å². The number of aliphatic carboxylic acids is 1. The largest absolute Gasteiger partial charge is 0.480 e. The molecular weight excluding hydrogens is 184 g/mol. The van der Waals surface area contributed by atoms with Crippen molar-refractivity contribution >= 4 is 16.9 Å². The topological polar surface area (TPSA) is 89.4 Å². The Labute approximate surface area is 79.1 Å². The normalized spacial score (nSPS) is 12.9. The van der Waals surface area contributed by atoms with Gasteiger partial charge in [0.25, 0.3) is 0 Å². The quantitative estimate of drug-likeness (QED) is 0.738. The maximum atomic E-state index is 10.6. The summed E-state index contributed by atoms with van der Waals surface area (Å²) in [6.45, 7) is 0. The summed E-state index contributed by atoms with van der Waals surface area (Å²) < 4.78 is 4.88. The maximum absolute atomic E-state index is 10.6. The van der Waals surface area contributed by atoms with Gasteiger partial charge in [0, 0.05) is 5.39 Å². The lowest BCUT2D eigenvalue weighted by Gasteiger charge is -2.00. The van der Waals surface area contributed by atoms with E-state index in [2.05, 4.69) is 5.16 Å². The van der Waals surface area contributed by atoms with Gasteiger partial charge in [0.15, 0.2) is 11.8 Å². The Hall–Kier alpha value is -1.88. The molecule has 0 aliphatic carbocycles. The van der Waals surface area contributed by atoms with Crippen molar-refractivity contribution in [1.29, 1.82) is 0 Å². The number of rotatable bonds is 2. The average molecular weight is 192 g/mol. The van der Waals surface area contributed by atoms with Crippen molar-refractivity contribution in [2.75, 3.05) is 0 Å². The molecule has 0 aliphatic heterocycles. The van der Waals surface area contributed by atoms with Crippen LogP contribution in [0.4, 0.5) is 0 Å². The highest BCUT2D eigenvalue weighted by molar-refractivity contribution is 5.86. The first-order chi connectivity index (χ1) is 6.70. The number of hydrogen-bond donors (Lipinski definition) is 2. The molecule has 0 radical (unpaired) electrons. The van der Waals surface area contributed by atoms with Crippen molar-refractivity contribution in [1.82, 2.24) is 5.16 Å². The summed E-state index contributed by atoms with van der Waals surface area (Å²) in [6, 6.07) is 5.86. The Bertz CT molecular complexity index is 478. The molecule has 0 fully saturated rings. The third-order valence-electron chi connectivity index (χ3n) is 1.96. The van der Waals surface area contributed by atoms with Crippen molar-refractivity contribution in [3.8, 4) is 0 Å². The van der Waals surface area contributed by atoms with Gasteiger partial charge in [-0.2, -0.15) is 0 Å². The van der Waals surface area contributed by atoms with Crippen molar-refractivity contribution in [3.63, 3.8) is 0 Å². The molecule has 5 nitrogen and oxygen atoms in total. The van der Waals surface area contributed by atoms with Crippen LogP contribution in [0.5, 0.6) is 0 Å². The molecule has 0 bridgehead atoms. The number of fused-ring (bicyclic) bond motifs is 1. The number of hydrogen-bond acceptors (Lipinski definition) is 4. The van der Waals surface area contributed by atoms with E-state index in [1.807, 2.05) is 0 Å². The highest BCUT2D eigenvalue weighted by Gasteiger charge is 2.21. The molecule has 3 N–H and O–H groups in total. The summed E-state index contributed by atoms with van der Waals surface area (Å²) in [5.41, 5.74) is 6.03. The van der Waals surface area contributed by atoms with Gasteiger partial charge in [-0.1, -0.05) is 17.3 Å². The molecule has 2 aromatic rings. The monoisotopic (exact) mass is 192 g/mol. The van der Waals surface area contributed by atoms with Gasteiger partial charge in [0.1, 0.15) is 5.52 Å². The number of carboxylic acid groups (broad SMARTS) is 1. The fourth-order valence-electron chi connectivity index (χ4n) is 1.25. The van der Waals surface area contributed by atoms with Crippen LogP contribution in [0, 0.1) is 0 Å². The van der Waals surface area contributed by atoms with Crippen LogP contribution in [-0.2, 0) is 4.79 Å². The number of carbonyl (C=O) groups is 1. The second kappa shape index (κ2) is 3.12. The van der Waals surface area contributed by atoms with Crippen LogP contribution < -0.4 is 5.73 Å². The molecular formula is C9H8N2O3. The van der Waals surface area contributed by atoms with E-state index in [0.717, 1.165) is 0 Å². The lowest BCUT2D eigenvalue weighted by atomic mass is 10.1. The predicted molar refractivity (Wildman–Crippen MR) is 48.6 cm³/mol. The van der Waals surface area contributed by atoms with Gasteiger partial charge in [0.05, 0.1) is 0 Å². The van der Waals surface area contributed by atoms with Crippen molar-refractivity contribution in [3.05, 3.63) is 30.0 Å².